The second-order valence-corrected chi connectivity index (χ2v) is 6.66. The van der Waals surface area contributed by atoms with Crippen molar-refractivity contribution in [3.8, 4) is 0 Å². The summed E-state index contributed by atoms with van der Waals surface area (Å²) in [5.74, 6) is 1.57. The van der Waals surface area contributed by atoms with Crippen LogP contribution in [0.25, 0.3) is 0 Å². The Hall–Kier alpha value is -1.20. The molecule has 0 amide bonds. The van der Waals surface area contributed by atoms with Crippen LogP contribution in [0.15, 0.2) is 22.0 Å². The van der Waals surface area contributed by atoms with E-state index in [-0.39, 0.29) is 5.54 Å². The molecule has 0 aromatic carbocycles. The minimum Gasteiger partial charge on any atom is -0.339 e. The number of hydrogen-bond acceptors (Lipinski definition) is 5. The Bertz CT molecular complexity index is 529. The van der Waals surface area contributed by atoms with E-state index in [9.17, 15) is 0 Å². The van der Waals surface area contributed by atoms with Gasteiger partial charge in [-0.25, -0.2) is 0 Å². The summed E-state index contributed by atoms with van der Waals surface area (Å²) in [6.45, 7) is 0. The molecule has 0 bridgehead atoms. The quantitative estimate of drug-likeness (QED) is 0.919. The minimum atomic E-state index is 0.158. The first-order valence-electron chi connectivity index (χ1n) is 7.32. The number of aromatic nitrogens is 2. The van der Waals surface area contributed by atoms with E-state index in [2.05, 4.69) is 33.0 Å². The monoisotopic (exact) mass is 291 g/mol. The molecule has 1 N–H and O–H groups in total. The van der Waals surface area contributed by atoms with Gasteiger partial charge in [0, 0.05) is 23.3 Å². The van der Waals surface area contributed by atoms with Crippen LogP contribution in [0.3, 0.4) is 0 Å². The summed E-state index contributed by atoms with van der Waals surface area (Å²) in [5, 5.41) is 9.69. The molecular formula is C15H21N3OS. The van der Waals surface area contributed by atoms with Crippen molar-refractivity contribution in [2.24, 2.45) is 0 Å². The second kappa shape index (κ2) is 6.06. The third-order valence-electron chi connectivity index (χ3n) is 4.25. The Morgan fingerprint density at radius 1 is 1.35 bits per heavy atom. The lowest BCUT2D eigenvalue weighted by molar-refractivity contribution is 0.221. The number of nitrogens with one attached hydrogen (secondary N) is 1. The largest absolute Gasteiger partial charge is 0.339 e. The van der Waals surface area contributed by atoms with E-state index in [1.165, 1.54) is 37.0 Å². The van der Waals surface area contributed by atoms with Crippen molar-refractivity contribution in [2.45, 2.75) is 50.5 Å². The van der Waals surface area contributed by atoms with Crippen LogP contribution in [0.2, 0.25) is 0 Å². The first-order valence-corrected chi connectivity index (χ1v) is 8.20. The molecule has 0 unspecified atom stereocenters. The number of hydrogen-bond donors (Lipinski definition) is 1. The molecule has 20 heavy (non-hydrogen) atoms. The number of thiophene rings is 1. The van der Waals surface area contributed by atoms with Crippen molar-refractivity contribution in [3.63, 3.8) is 0 Å². The van der Waals surface area contributed by atoms with E-state index in [1.54, 1.807) is 11.3 Å². The first kappa shape index (κ1) is 13.8. The van der Waals surface area contributed by atoms with Crippen molar-refractivity contribution in [1.29, 1.82) is 0 Å². The van der Waals surface area contributed by atoms with Crippen molar-refractivity contribution in [3.05, 3.63) is 34.1 Å². The van der Waals surface area contributed by atoms with Crippen LogP contribution in [0.4, 0.5) is 0 Å². The summed E-state index contributed by atoms with van der Waals surface area (Å²) in [4.78, 5) is 5.84. The fourth-order valence-electron chi connectivity index (χ4n) is 3.04. The van der Waals surface area contributed by atoms with E-state index in [0.29, 0.717) is 0 Å². The molecule has 3 rings (SSSR count). The topological polar surface area (TPSA) is 51.0 Å². The molecular weight excluding hydrogens is 270 g/mol. The van der Waals surface area contributed by atoms with Crippen molar-refractivity contribution < 1.29 is 4.52 Å². The zero-order valence-corrected chi connectivity index (χ0v) is 12.7. The molecule has 1 aliphatic carbocycles. The first-order chi connectivity index (χ1) is 9.80. The zero-order chi connectivity index (χ0) is 13.8. The summed E-state index contributed by atoms with van der Waals surface area (Å²) >= 11 is 1.73. The molecule has 0 saturated heterocycles. The number of nitrogens with zero attached hydrogens (tertiary/aromatic N) is 2. The zero-order valence-electron chi connectivity index (χ0n) is 11.9. The predicted octanol–water partition coefficient (Wildman–Crippen LogP) is 3.19. The van der Waals surface area contributed by atoms with Gasteiger partial charge >= 0.3 is 0 Å². The molecule has 2 heterocycles. The number of rotatable bonds is 5. The molecule has 0 spiro atoms. The molecule has 108 valence electrons. The lowest BCUT2D eigenvalue weighted by atomic mass is 9.79. The van der Waals surface area contributed by atoms with Crippen LogP contribution in [-0.4, -0.2) is 22.7 Å². The Morgan fingerprint density at radius 3 is 2.90 bits per heavy atom. The van der Waals surface area contributed by atoms with E-state index < -0.39 is 0 Å². The van der Waals surface area contributed by atoms with Crippen molar-refractivity contribution >= 4 is 11.3 Å². The summed E-state index contributed by atoms with van der Waals surface area (Å²) in [5.41, 5.74) is 0.158. The van der Waals surface area contributed by atoms with Crippen LogP contribution in [-0.2, 0) is 12.8 Å². The molecule has 5 heteroatoms. The number of likely N-dealkylation sites (N-methyl/N-ethyl adjacent to an activating group) is 1. The predicted molar refractivity (Wildman–Crippen MR) is 80.0 cm³/mol. The van der Waals surface area contributed by atoms with Gasteiger partial charge in [-0.15, -0.1) is 11.3 Å². The normalized spacial score (nSPS) is 18.2. The molecule has 1 aliphatic rings. The Kier molecular flexibility index (Phi) is 4.17. The third kappa shape index (κ3) is 3.10. The van der Waals surface area contributed by atoms with Crippen LogP contribution < -0.4 is 5.32 Å². The molecule has 4 nitrogen and oxygen atoms in total. The van der Waals surface area contributed by atoms with Crippen LogP contribution in [0, 0.1) is 0 Å². The summed E-state index contributed by atoms with van der Waals surface area (Å²) < 4.78 is 5.45. The van der Waals surface area contributed by atoms with Gasteiger partial charge < -0.3 is 9.84 Å². The molecule has 0 aliphatic heterocycles. The van der Waals surface area contributed by atoms with Crippen LogP contribution in [0.5, 0.6) is 0 Å². The fraction of sp³-hybridized carbons (Fsp3) is 0.600. The van der Waals surface area contributed by atoms with Crippen LogP contribution >= 0.6 is 11.3 Å². The van der Waals surface area contributed by atoms with E-state index in [4.69, 9.17) is 4.52 Å². The standard InChI is InChI=1S/C15H21N3OS/c1-16-15(7-3-2-4-8-15)11-14-17-13(18-19-14)10-12-6-5-9-20-12/h5-6,9,16H,2-4,7-8,10-11H2,1H3. The lowest BCUT2D eigenvalue weighted by Gasteiger charge is -2.36. The maximum absolute atomic E-state index is 5.45. The summed E-state index contributed by atoms with van der Waals surface area (Å²) in [6, 6.07) is 4.16. The Balaban J connectivity index is 1.67. The Labute approximate surface area is 123 Å². The van der Waals surface area contributed by atoms with Gasteiger partial charge in [-0.1, -0.05) is 30.5 Å². The summed E-state index contributed by atoms with van der Waals surface area (Å²) in [7, 11) is 2.05. The van der Waals surface area contributed by atoms with Gasteiger partial charge in [0.2, 0.25) is 5.89 Å². The Morgan fingerprint density at radius 2 is 2.20 bits per heavy atom. The van der Waals surface area contributed by atoms with Gasteiger partial charge in [0.15, 0.2) is 5.82 Å². The van der Waals surface area contributed by atoms with Gasteiger partial charge in [-0.05, 0) is 31.3 Å². The van der Waals surface area contributed by atoms with Gasteiger partial charge in [0.25, 0.3) is 0 Å². The third-order valence-corrected chi connectivity index (χ3v) is 5.13. The average molecular weight is 291 g/mol. The highest BCUT2D eigenvalue weighted by molar-refractivity contribution is 7.09. The van der Waals surface area contributed by atoms with Crippen molar-refractivity contribution in [2.75, 3.05) is 7.05 Å². The minimum absolute atomic E-state index is 0.158. The smallest absolute Gasteiger partial charge is 0.228 e. The van der Waals surface area contributed by atoms with Gasteiger partial charge in [0.05, 0.1) is 0 Å². The SMILES string of the molecule is CNC1(Cc2nc(Cc3cccs3)no2)CCCCC1. The highest BCUT2D eigenvalue weighted by atomic mass is 32.1. The highest BCUT2D eigenvalue weighted by Crippen LogP contribution is 2.30. The van der Waals surface area contributed by atoms with E-state index in [1.807, 2.05) is 7.05 Å². The molecule has 0 radical (unpaired) electrons. The second-order valence-electron chi connectivity index (χ2n) is 5.63. The molecule has 0 atom stereocenters. The molecule has 1 saturated carbocycles. The van der Waals surface area contributed by atoms with Gasteiger partial charge in [-0.3, -0.25) is 0 Å². The van der Waals surface area contributed by atoms with Crippen molar-refractivity contribution in [1.82, 2.24) is 15.5 Å². The maximum Gasteiger partial charge on any atom is 0.228 e. The molecule has 1 fully saturated rings. The lowest BCUT2D eigenvalue weighted by Crippen LogP contribution is -2.46. The fourth-order valence-corrected chi connectivity index (χ4v) is 3.74. The van der Waals surface area contributed by atoms with Gasteiger partial charge in [0.1, 0.15) is 0 Å². The molecule has 2 aromatic heterocycles. The summed E-state index contributed by atoms with van der Waals surface area (Å²) in [6.07, 6.45) is 7.94. The van der Waals surface area contributed by atoms with E-state index >= 15 is 0 Å². The highest BCUT2D eigenvalue weighted by Gasteiger charge is 2.32. The average Bonchev–Trinajstić information content (AvgIpc) is 3.13. The van der Waals surface area contributed by atoms with Gasteiger partial charge in [-0.2, -0.15) is 4.98 Å². The van der Waals surface area contributed by atoms with E-state index in [0.717, 1.165) is 24.6 Å². The maximum atomic E-state index is 5.45. The van der Waals surface area contributed by atoms with Crippen LogP contribution in [0.1, 0.15) is 48.7 Å². The molecule has 2 aromatic rings.